The average Bonchev–Trinajstić information content (AvgIpc) is 3.14. The van der Waals surface area contributed by atoms with Gasteiger partial charge in [-0.1, -0.05) is 30.3 Å². The number of likely N-dealkylation sites (N-methyl/N-ethyl adjacent to an activating group) is 1. The molecule has 3 rings (SSSR count). The number of benzene rings is 1. The van der Waals surface area contributed by atoms with E-state index >= 15 is 0 Å². The number of aromatic nitrogens is 2. The minimum absolute atomic E-state index is 0.239. The van der Waals surface area contributed by atoms with Crippen LogP contribution in [0.3, 0.4) is 0 Å². The number of rotatable bonds is 7. The normalized spacial score (nSPS) is 23.1. The molecule has 1 N–H and O–H groups in total. The molecule has 0 spiro atoms. The molecular formula is C21H30N4O3. The van der Waals surface area contributed by atoms with Gasteiger partial charge in [0.15, 0.2) is 0 Å². The predicted molar refractivity (Wildman–Crippen MR) is 107 cm³/mol. The Morgan fingerprint density at radius 1 is 1.36 bits per heavy atom. The van der Waals surface area contributed by atoms with Crippen molar-refractivity contribution in [3.8, 4) is 0 Å². The third kappa shape index (κ3) is 4.27. The number of β-amino-alcohol motifs (C(OH)–C–C–N with tert-alkyl or cyclic N) is 1. The van der Waals surface area contributed by atoms with Crippen LogP contribution in [0, 0.1) is 0 Å². The van der Waals surface area contributed by atoms with Gasteiger partial charge in [0.2, 0.25) is 0 Å². The number of carbonyl (C=O) groups is 1. The maximum absolute atomic E-state index is 11.3. The lowest BCUT2D eigenvalue weighted by Gasteiger charge is -2.50. The highest BCUT2D eigenvalue weighted by molar-refractivity contribution is 5.68. The molecule has 2 aromatic rings. The number of carbonyl (C=O) groups excluding carboxylic acids is 1. The van der Waals surface area contributed by atoms with Crippen LogP contribution in [-0.4, -0.2) is 71.1 Å². The summed E-state index contributed by atoms with van der Waals surface area (Å²) < 4.78 is 6.43. The van der Waals surface area contributed by atoms with E-state index in [1.807, 2.05) is 44.7 Å². The van der Waals surface area contributed by atoms with E-state index in [1.54, 1.807) is 4.68 Å². The molecule has 1 aliphatic rings. The van der Waals surface area contributed by atoms with E-state index in [9.17, 15) is 9.90 Å². The second-order valence-electron chi connectivity index (χ2n) is 7.62. The second kappa shape index (κ2) is 8.86. The molecule has 0 unspecified atom stereocenters. The van der Waals surface area contributed by atoms with Gasteiger partial charge < -0.3 is 9.84 Å². The zero-order valence-electron chi connectivity index (χ0n) is 16.9. The summed E-state index contributed by atoms with van der Waals surface area (Å²) >= 11 is 0. The van der Waals surface area contributed by atoms with Gasteiger partial charge in [0.05, 0.1) is 37.9 Å². The molecule has 1 aromatic carbocycles. The quantitative estimate of drug-likeness (QED) is 0.727. The van der Waals surface area contributed by atoms with Crippen molar-refractivity contribution < 1.29 is 14.6 Å². The Bertz CT molecular complexity index is 777. The highest BCUT2D eigenvalue weighted by Crippen LogP contribution is 2.37. The molecule has 0 aliphatic carbocycles. The van der Waals surface area contributed by atoms with Gasteiger partial charge in [0, 0.05) is 31.4 Å². The minimum Gasteiger partial charge on any atom is -0.469 e. The van der Waals surface area contributed by atoms with E-state index in [0.717, 1.165) is 30.6 Å². The van der Waals surface area contributed by atoms with Crippen LogP contribution >= 0.6 is 0 Å². The lowest BCUT2D eigenvalue weighted by molar-refractivity contribution is -0.140. The predicted octanol–water partition coefficient (Wildman–Crippen LogP) is 1.47. The van der Waals surface area contributed by atoms with Gasteiger partial charge >= 0.3 is 5.97 Å². The third-order valence-electron chi connectivity index (χ3n) is 5.73. The summed E-state index contributed by atoms with van der Waals surface area (Å²) in [7, 11) is 5.47. The van der Waals surface area contributed by atoms with Crippen LogP contribution < -0.4 is 0 Å². The number of ether oxygens (including phenoxy) is 1. The molecule has 7 heteroatoms. The second-order valence-corrected chi connectivity index (χ2v) is 7.62. The third-order valence-corrected chi connectivity index (χ3v) is 5.73. The number of methoxy groups -OCH3 is 1. The van der Waals surface area contributed by atoms with E-state index in [-0.39, 0.29) is 11.5 Å². The molecule has 0 bridgehead atoms. The first-order valence-corrected chi connectivity index (χ1v) is 9.67. The maximum atomic E-state index is 11.3. The van der Waals surface area contributed by atoms with Crippen LogP contribution in [0.4, 0.5) is 0 Å². The van der Waals surface area contributed by atoms with Gasteiger partial charge in [-0.15, -0.1) is 0 Å². The number of aliphatic hydroxyl groups excluding tert-OH is 1. The minimum atomic E-state index is -0.493. The van der Waals surface area contributed by atoms with E-state index < -0.39 is 6.10 Å². The fraction of sp³-hybridized carbons (Fsp3) is 0.524. The monoisotopic (exact) mass is 386 g/mol. The van der Waals surface area contributed by atoms with Gasteiger partial charge in [-0.05, 0) is 26.1 Å². The summed E-state index contributed by atoms with van der Waals surface area (Å²) in [6.07, 6.45) is 4.45. The van der Waals surface area contributed by atoms with Crippen LogP contribution in [0.5, 0.6) is 0 Å². The summed E-state index contributed by atoms with van der Waals surface area (Å²) in [4.78, 5) is 15.7. The van der Waals surface area contributed by atoms with Crippen LogP contribution in [0.15, 0.2) is 42.7 Å². The van der Waals surface area contributed by atoms with E-state index in [0.29, 0.717) is 19.5 Å². The van der Waals surface area contributed by atoms with Crippen molar-refractivity contribution in [1.82, 2.24) is 19.6 Å². The first-order valence-electron chi connectivity index (χ1n) is 9.67. The fourth-order valence-electron chi connectivity index (χ4n) is 4.15. The molecule has 152 valence electrons. The summed E-state index contributed by atoms with van der Waals surface area (Å²) in [5.41, 5.74) is 1.86. The van der Waals surface area contributed by atoms with Crippen LogP contribution in [0.25, 0.3) is 0 Å². The van der Waals surface area contributed by atoms with Crippen molar-refractivity contribution in [2.24, 2.45) is 0 Å². The summed E-state index contributed by atoms with van der Waals surface area (Å²) in [5, 5.41) is 15.4. The Balaban J connectivity index is 1.64. The molecular weight excluding hydrogens is 356 g/mol. The highest BCUT2D eigenvalue weighted by atomic mass is 16.5. The van der Waals surface area contributed by atoms with Crippen LogP contribution in [0.2, 0.25) is 0 Å². The van der Waals surface area contributed by atoms with Gasteiger partial charge in [0.1, 0.15) is 0 Å². The van der Waals surface area contributed by atoms with Gasteiger partial charge in [-0.25, -0.2) is 0 Å². The van der Waals surface area contributed by atoms with Crippen molar-refractivity contribution in [2.45, 2.75) is 37.6 Å². The molecule has 2 heterocycles. The number of aryl methyl sites for hydroxylation is 1. The molecule has 7 nitrogen and oxygen atoms in total. The van der Waals surface area contributed by atoms with Gasteiger partial charge in [-0.3, -0.25) is 19.3 Å². The Morgan fingerprint density at radius 2 is 2.11 bits per heavy atom. The lowest BCUT2D eigenvalue weighted by atomic mass is 9.77. The van der Waals surface area contributed by atoms with Crippen molar-refractivity contribution in [2.75, 3.05) is 34.3 Å². The molecule has 1 aromatic heterocycles. The van der Waals surface area contributed by atoms with Crippen LogP contribution in [0.1, 0.15) is 24.0 Å². The van der Waals surface area contributed by atoms with Crippen molar-refractivity contribution in [3.05, 3.63) is 53.9 Å². The van der Waals surface area contributed by atoms with Gasteiger partial charge in [-0.2, -0.15) is 5.10 Å². The Hall–Kier alpha value is -2.22. The molecule has 0 amide bonds. The molecule has 0 saturated carbocycles. The zero-order valence-corrected chi connectivity index (χ0v) is 16.9. The summed E-state index contributed by atoms with van der Waals surface area (Å²) in [6.45, 7) is 2.72. The summed E-state index contributed by atoms with van der Waals surface area (Å²) in [6, 6.07) is 10.3. The Kier molecular flexibility index (Phi) is 6.49. The Labute approximate surface area is 166 Å². The van der Waals surface area contributed by atoms with E-state index in [1.165, 1.54) is 7.11 Å². The average molecular weight is 386 g/mol. The van der Waals surface area contributed by atoms with Gasteiger partial charge in [0.25, 0.3) is 0 Å². The smallest absolute Gasteiger partial charge is 0.307 e. The topological polar surface area (TPSA) is 70.8 Å². The van der Waals surface area contributed by atoms with Crippen molar-refractivity contribution in [1.29, 1.82) is 0 Å². The molecule has 28 heavy (non-hydrogen) atoms. The molecule has 1 fully saturated rings. The van der Waals surface area contributed by atoms with Crippen molar-refractivity contribution >= 4 is 5.97 Å². The SMILES string of the molecule is COC(=O)CCn1cc(CN2CC[C@@](c3ccccc3)(N(C)C)[C@H](O)C2)cn1. The number of likely N-dealkylation sites (tertiary alicyclic amines) is 1. The Morgan fingerprint density at radius 3 is 2.75 bits per heavy atom. The fourth-order valence-corrected chi connectivity index (χ4v) is 4.15. The molecule has 2 atom stereocenters. The first kappa shape index (κ1) is 20.5. The van der Waals surface area contributed by atoms with Crippen molar-refractivity contribution in [3.63, 3.8) is 0 Å². The largest absolute Gasteiger partial charge is 0.469 e. The number of aliphatic hydroxyl groups is 1. The highest BCUT2D eigenvalue weighted by Gasteiger charge is 2.45. The van der Waals surface area contributed by atoms with E-state index in [2.05, 4.69) is 31.8 Å². The number of piperidine rings is 1. The first-order chi connectivity index (χ1) is 13.5. The molecule has 0 radical (unpaired) electrons. The lowest BCUT2D eigenvalue weighted by Crippen LogP contribution is -2.59. The zero-order chi connectivity index (χ0) is 20.1. The number of hydrogen-bond acceptors (Lipinski definition) is 6. The number of esters is 1. The summed E-state index contributed by atoms with van der Waals surface area (Å²) in [5.74, 6) is -0.239. The van der Waals surface area contributed by atoms with E-state index in [4.69, 9.17) is 0 Å². The van der Waals surface area contributed by atoms with Crippen LogP contribution in [-0.2, 0) is 28.2 Å². The molecule has 1 aliphatic heterocycles. The maximum Gasteiger partial charge on any atom is 0.307 e. The standard InChI is InChI=1S/C21H30N4O3/c1-23(2)21(18-7-5-4-6-8-18)10-12-24(16-19(21)26)14-17-13-22-25(15-17)11-9-20(27)28-3/h4-8,13,15,19,26H,9-12,14,16H2,1-3H3/t19-,21+/m1/s1. The number of nitrogens with zero attached hydrogens (tertiary/aromatic N) is 4. The molecule has 1 saturated heterocycles. The number of hydrogen-bond donors (Lipinski definition) is 1.